The highest BCUT2D eigenvalue weighted by Crippen LogP contribution is 2.33. The Morgan fingerprint density at radius 3 is 2.73 bits per heavy atom. The predicted octanol–water partition coefficient (Wildman–Crippen LogP) is 3.38. The minimum atomic E-state index is -1.14. The number of para-hydroxylation sites is 1. The lowest BCUT2D eigenvalue weighted by Gasteiger charge is -2.11. The van der Waals surface area contributed by atoms with Gasteiger partial charge in [-0.05, 0) is 48.4 Å². The van der Waals surface area contributed by atoms with Crippen LogP contribution in [0.25, 0.3) is 21.9 Å². The average molecular weight is 368 g/mol. The van der Waals surface area contributed by atoms with Gasteiger partial charge in [0.2, 0.25) is 0 Å². The molecule has 0 aliphatic rings. The Bertz CT molecular complexity index is 928. The molecule has 5 nitrogen and oxygen atoms in total. The minimum absolute atomic E-state index is 0.212. The number of aliphatic carboxylic acids is 1. The summed E-state index contributed by atoms with van der Waals surface area (Å²) in [7, 11) is 1.58. The lowest BCUT2D eigenvalue weighted by atomic mass is 10.1. The normalized spacial score (nSPS) is 11.5. The van der Waals surface area contributed by atoms with Crippen molar-refractivity contribution in [1.29, 1.82) is 0 Å². The van der Waals surface area contributed by atoms with Gasteiger partial charge in [0.1, 0.15) is 5.01 Å². The highest BCUT2D eigenvalue weighted by Gasteiger charge is 2.11. The molecule has 0 bridgehead atoms. The van der Waals surface area contributed by atoms with Crippen LogP contribution in [0, 0.1) is 0 Å². The monoisotopic (exact) mass is 368 g/mol. The van der Waals surface area contributed by atoms with E-state index in [1.54, 1.807) is 19.3 Å². The standard InChI is InChI=1S/C20H19NO4S/c1-3-25-17-11-13(8-9-16(17)24-2)10-14(12-19(22)23)20-21-15-6-4-5-7-18(15)26-20/h4-11H,3,12H2,1-2H3,(H,22,23)/p-1/b14-10+. The van der Waals surface area contributed by atoms with Crippen molar-refractivity contribution in [2.45, 2.75) is 13.3 Å². The third kappa shape index (κ3) is 4.03. The van der Waals surface area contributed by atoms with Crippen LogP contribution in [0.5, 0.6) is 11.5 Å². The Morgan fingerprint density at radius 2 is 2.04 bits per heavy atom. The second-order valence-electron chi connectivity index (χ2n) is 5.55. The van der Waals surface area contributed by atoms with Crippen LogP contribution in [0.2, 0.25) is 0 Å². The fourth-order valence-electron chi connectivity index (χ4n) is 2.61. The van der Waals surface area contributed by atoms with Gasteiger partial charge in [0, 0.05) is 12.4 Å². The Labute approximate surface area is 155 Å². The topological polar surface area (TPSA) is 71.5 Å². The van der Waals surface area contributed by atoms with E-state index in [1.807, 2.05) is 43.3 Å². The number of thiazole rings is 1. The largest absolute Gasteiger partial charge is 0.550 e. The maximum absolute atomic E-state index is 11.2. The maximum Gasteiger partial charge on any atom is 0.161 e. The van der Waals surface area contributed by atoms with Crippen LogP contribution >= 0.6 is 11.3 Å². The molecule has 0 fully saturated rings. The summed E-state index contributed by atoms with van der Waals surface area (Å²) in [5.74, 6) is 0.0975. The van der Waals surface area contributed by atoms with Crippen LogP contribution in [-0.2, 0) is 4.79 Å². The fraction of sp³-hybridized carbons (Fsp3) is 0.200. The maximum atomic E-state index is 11.2. The summed E-state index contributed by atoms with van der Waals surface area (Å²) in [5.41, 5.74) is 2.25. The van der Waals surface area contributed by atoms with Crippen LogP contribution in [0.3, 0.4) is 0 Å². The molecule has 0 saturated heterocycles. The molecule has 134 valence electrons. The van der Waals surface area contributed by atoms with Gasteiger partial charge in [-0.15, -0.1) is 11.3 Å². The first-order valence-electron chi connectivity index (χ1n) is 8.18. The van der Waals surface area contributed by atoms with Crippen molar-refractivity contribution >= 4 is 39.2 Å². The van der Waals surface area contributed by atoms with E-state index in [-0.39, 0.29) is 6.42 Å². The number of aromatic nitrogens is 1. The van der Waals surface area contributed by atoms with Gasteiger partial charge in [-0.3, -0.25) is 0 Å². The lowest BCUT2D eigenvalue weighted by molar-refractivity contribution is -0.304. The van der Waals surface area contributed by atoms with Crippen molar-refractivity contribution < 1.29 is 19.4 Å². The molecule has 0 unspecified atom stereocenters. The molecule has 2 aromatic carbocycles. The van der Waals surface area contributed by atoms with E-state index in [0.717, 1.165) is 15.8 Å². The number of carboxylic acids is 1. The summed E-state index contributed by atoms with van der Waals surface area (Å²) in [4.78, 5) is 15.8. The van der Waals surface area contributed by atoms with Crippen molar-refractivity contribution in [3.8, 4) is 11.5 Å². The van der Waals surface area contributed by atoms with E-state index in [1.165, 1.54) is 11.3 Å². The van der Waals surface area contributed by atoms with E-state index >= 15 is 0 Å². The van der Waals surface area contributed by atoms with Crippen LogP contribution in [0.4, 0.5) is 0 Å². The Hall–Kier alpha value is -2.86. The number of hydrogen-bond donors (Lipinski definition) is 0. The van der Waals surface area contributed by atoms with E-state index in [9.17, 15) is 9.90 Å². The number of ether oxygens (including phenoxy) is 2. The quantitative estimate of drug-likeness (QED) is 0.639. The van der Waals surface area contributed by atoms with Gasteiger partial charge in [0.05, 0.1) is 23.9 Å². The van der Waals surface area contributed by atoms with Gasteiger partial charge in [0.25, 0.3) is 0 Å². The van der Waals surface area contributed by atoms with Gasteiger partial charge in [-0.25, -0.2) is 4.98 Å². The Kier molecular flexibility index (Phi) is 5.53. The Morgan fingerprint density at radius 1 is 1.23 bits per heavy atom. The number of hydrogen-bond acceptors (Lipinski definition) is 6. The van der Waals surface area contributed by atoms with Crippen LogP contribution in [-0.4, -0.2) is 24.7 Å². The molecule has 0 aliphatic heterocycles. The van der Waals surface area contributed by atoms with E-state index < -0.39 is 5.97 Å². The molecule has 0 spiro atoms. The van der Waals surface area contributed by atoms with Gasteiger partial charge in [0.15, 0.2) is 11.5 Å². The molecule has 3 rings (SSSR count). The zero-order valence-corrected chi connectivity index (χ0v) is 15.3. The molecule has 0 radical (unpaired) electrons. The van der Waals surface area contributed by atoms with Gasteiger partial charge in [-0.1, -0.05) is 18.2 Å². The molecule has 3 aromatic rings. The van der Waals surface area contributed by atoms with Crippen molar-refractivity contribution in [1.82, 2.24) is 4.98 Å². The molecular weight excluding hydrogens is 350 g/mol. The molecule has 1 aromatic heterocycles. The summed E-state index contributed by atoms with van der Waals surface area (Å²) in [6, 6.07) is 13.2. The summed E-state index contributed by atoms with van der Waals surface area (Å²) in [6.45, 7) is 2.40. The minimum Gasteiger partial charge on any atom is -0.550 e. The summed E-state index contributed by atoms with van der Waals surface area (Å²) in [6.07, 6.45) is 1.59. The molecule has 0 N–H and O–H groups in total. The third-order valence-electron chi connectivity index (χ3n) is 3.73. The Balaban J connectivity index is 2.04. The molecule has 0 saturated carbocycles. The molecule has 6 heteroatoms. The SMILES string of the molecule is CCOc1cc(/C=C(\CC(=O)[O-])c2nc3ccccc3s2)ccc1OC. The number of nitrogens with zero attached hydrogens (tertiary/aromatic N) is 1. The fourth-order valence-corrected chi connectivity index (χ4v) is 3.59. The molecular formula is C20H18NO4S-. The third-order valence-corrected chi connectivity index (χ3v) is 4.84. The number of methoxy groups -OCH3 is 1. The second-order valence-corrected chi connectivity index (χ2v) is 6.58. The van der Waals surface area contributed by atoms with Crippen molar-refractivity contribution in [2.24, 2.45) is 0 Å². The van der Waals surface area contributed by atoms with Crippen molar-refractivity contribution in [2.75, 3.05) is 13.7 Å². The van der Waals surface area contributed by atoms with Crippen LogP contribution in [0.1, 0.15) is 23.9 Å². The molecule has 0 aliphatic carbocycles. The number of benzene rings is 2. The molecule has 0 amide bonds. The first-order chi connectivity index (χ1) is 12.6. The molecule has 26 heavy (non-hydrogen) atoms. The van der Waals surface area contributed by atoms with E-state index in [4.69, 9.17) is 9.47 Å². The first-order valence-corrected chi connectivity index (χ1v) is 8.99. The van der Waals surface area contributed by atoms with E-state index in [2.05, 4.69) is 4.98 Å². The second kappa shape index (κ2) is 8.01. The number of carboxylic acid groups (broad SMARTS) is 1. The number of fused-ring (bicyclic) bond motifs is 1. The zero-order valence-electron chi connectivity index (χ0n) is 14.5. The van der Waals surface area contributed by atoms with Gasteiger partial charge in [-0.2, -0.15) is 0 Å². The van der Waals surface area contributed by atoms with Gasteiger partial charge < -0.3 is 19.4 Å². The zero-order chi connectivity index (χ0) is 18.5. The molecule has 1 heterocycles. The van der Waals surface area contributed by atoms with Crippen molar-refractivity contribution in [3.05, 3.63) is 53.0 Å². The van der Waals surface area contributed by atoms with Gasteiger partial charge >= 0.3 is 0 Å². The summed E-state index contributed by atoms with van der Waals surface area (Å²) < 4.78 is 11.9. The van der Waals surface area contributed by atoms with Crippen molar-refractivity contribution in [3.63, 3.8) is 0 Å². The highest BCUT2D eigenvalue weighted by atomic mass is 32.1. The number of carbonyl (C=O) groups is 1. The number of carbonyl (C=O) groups excluding carboxylic acids is 1. The number of rotatable bonds is 7. The predicted molar refractivity (Wildman–Crippen MR) is 101 cm³/mol. The van der Waals surface area contributed by atoms with Crippen LogP contribution < -0.4 is 14.6 Å². The smallest absolute Gasteiger partial charge is 0.161 e. The average Bonchev–Trinajstić information content (AvgIpc) is 3.05. The molecule has 0 atom stereocenters. The van der Waals surface area contributed by atoms with Crippen LogP contribution in [0.15, 0.2) is 42.5 Å². The first kappa shape index (κ1) is 17.9. The highest BCUT2D eigenvalue weighted by molar-refractivity contribution is 7.19. The van der Waals surface area contributed by atoms with E-state index in [0.29, 0.717) is 28.7 Å². The summed E-state index contributed by atoms with van der Waals surface area (Å²) >= 11 is 1.46. The summed E-state index contributed by atoms with van der Waals surface area (Å²) in [5, 5.41) is 11.9. The lowest BCUT2D eigenvalue weighted by Crippen LogP contribution is -2.22.